The van der Waals surface area contributed by atoms with Crippen molar-refractivity contribution in [3.63, 3.8) is 0 Å². The number of rotatable bonds is 4. The number of nitrogens with zero attached hydrogens (tertiary/aromatic N) is 2. The highest BCUT2D eigenvalue weighted by Gasteiger charge is 2.31. The van der Waals surface area contributed by atoms with Crippen molar-refractivity contribution < 1.29 is 17.9 Å². The van der Waals surface area contributed by atoms with Crippen LogP contribution in [-0.4, -0.2) is 49.9 Å². The maximum absolute atomic E-state index is 12.9. The van der Waals surface area contributed by atoms with Crippen LogP contribution in [0.25, 0.3) is 0 Å². The van der Waals surface area contributed by atoms with Gasteiger partial charge < -0.3 is 9.64 Å². The van der Waals surface area contributed by atoms with Crippen LogP contribution < -0.4 is 0 Å². The van der Waals surface area contributed by atoms with Crippen molar-refractivity contribution in [3.8, 4) is 0 Å². The van der Waals surface area contributed by atoms with Gasteiger partial charge in [0, 0.05) is 26.2 Å². The van der Waals surface area contributed by atoms with Crippen LogP contribution in [0.3, 0.4) is 0 Å². The molecule has 1 heterocycles. The first-order valence-corrected chi connectivity index (χ1v) is 11.2. The van der Waals surface area contributed by atoms with Crippen molar-refractivity contribution in [1.82, 2.24) is 9.21 Å². The van der Waals surface area contributed by atoms with Crippen LogP contribution in [0.15, 0.2) is 59.5 Å². The number of hydrogen-bond donors (Lipinski definition) is 0. The van der Waals surface area contributed by atoms with Gasteiger partial charge in [-0.1, -0.05) is 63.2 Å². The van der Waals surface area contributed by atoms with Gasteiger partial charge in [-0.2, -0.15) is 4.31 Å². The maximum Gasteiger partial charge on any atom is 0.410 e. The van der Waals surface area contributed by atoms with Crippen LogP contribution in [0.4, 0.5) is 4.79 Å². The lowest BCUT2D eigenvalue weighted by molar-refractivity contribution is 0.0838. The molecule has 1 saturated heterocycles. The van der Waals surface area contributed by atoms with Gasteiger partial charge in [-0.15, -0.1) is 0 Å². The van der Waals surface area contributed by atoms with E-state index in [9.17, 15) is 13.2 Å². The van der Waals surface area contributed by atoms with Crippen molar-refractivity contribution >= 4 is 16.1 Å². The summed E-state index contributed by atoms with van der Waals surface area (Å²) in [4.78, 5) is 14.1. The van der Waals surface area contributed by atoms with Crippen molar-refractivity contribution in [2.45, 2.75) is 37.7 Å². The number of hydrogen-bond acceptors (Lipinski definition) is 4. The van der Waals surface area contributed by atoms with Gasteiger partial charge in [0.15, 0.2) is 0 Å². The van der Waals surface area contributed by atoms with E-state index in [-0.39, 0.29) is 30.0 Å². The Hall–Kier alpha value is -2.38. The van der Waals surface area contributed by atoms with Crippen LogP contribution in [0.1, 0.15) is 31.9 Å². The highest BCUT2D eigenvalue weighted by molar-refractivity contribution is 7.89. The van der Waals surface area contributed by atoms with Gasteiger partial charge in [0.1, 0.15) is 6.61 Å². The second-order valence-electron chi connectivity index (χ2n) is 8.21. The minimum absolute atomic E-state index is 0.0337. The third kappa shape index (κ3) is 5.16. The first kappa shape index (κ1) is 21.3. The highest BCUT2D eigenvalue weighted by atomic mass is 32.2. The van der Waals surface area contributed by atoms with Gasteiger partial charge >= 0.3 is 6.09 Å². The monoisotopic (exact) mass is 416 g/mol. The SMILES string of the molecule is CC(C)(C)c1ccc(S(=O)(=O)N2CCN(C(=O)OCc3ccccc3)CC2)cc1. The summed E-state index contributed by atoms with van der Waals surface area (Å²) in [6.07, 6.45) is -0.416. The summed E-state index contributed by atoms with van der Waals surface area (Å²) in [5.41, 5.74) is 1.97. The largest absolute Gasteiger partial charge is 0.445 e. The molecule has 1 amide bonds. The summed E-state index contributed by atoms with van der Waals surface area (Å²) < 4.78 is 32.6. The summed E-state index contributed by atoms with van der Waals surface area (Å²) in [6, 6.07) is 16.5. The molecule has 1 aliphatic rings. The van der Waals surface area contributed by atoms with Crippen LogP contribution in [0, 0.1) is 0 Å². The van der Waals surface area contributed by atoms with Crippen molar-refractivity contribution in [1.29, 1.82) is 0 Å². The average molecular weight is 417 g/mol. The molecule has 0 radical (unpaired) electrons. The molecule has 3 rings (SSSR count). The molecule has 0 bridgehead atoms. The Morgan fingerprint density at radius 1 is 0.931 bits per heavy atom. The fourth-order valence-electron chi connectivity index (χ4n) is 3.20. The molecular weight excluding hydrogens is 388 g/mol. The third-order valence-corrected chi connectivity index (χ3v) is 6.97. The van der Waals surface area contributed by atoms with E-state index in [1.54, 1.807) is 17.0 Å². The second kappa shape index (κ2) is 8.55. The van der Waals surface area contributed by atoms with Gasteiger partial charge in [-0.05, 0) is 28.7 Å². The fourth-order valence-corrected chi connectivity index (χ4v) is 4.62. The first-order chi connectivity index (χ1) is 13.7. The van der Waals surface area contributed by atoms with E-state index in [0.717, 1.165) is 11.1 Å². The number of ether oxygens (including phenoxy) is 1. The summed E-state index contributed by atoms with van der Waals surface area (Å²) in [7, 11) is -3.57. The Morgan fingerprint density at radius 3 is 2.07 bits per heavy atom. The number of piperazine rings is 1. The van der Waals surface area contributed by atoms with E-state index in [4.69, 9.17) is 4.74 Å². The summed E-state index contributed by atoms with van der Waals surface area (Å²) in [5.74, 6) is 0. The van der Waals surface area contributed by atoms with Gasteiger partial charge in [0.05, 0.1) is 4.90 Å². The minimum Gasteiger partial charge on any atom is -0.445 e. The lowest BCUT2D eigenvalue weighted by Gasteiger charge is -2.33. The van der Waals surface area contributed by atoms with Crippen LogP contribution in [-0.2, 0) is 26.8 Å². The van der Waals surface area contributed by atoms with Crippen LogP contribution >= 0.6 is 0 Å². The molecule has 156 valence electrons. The lowest BCUT2D eigenvalue weighted by atomic mass is 9.87. The Balaban J connectivity index is 1.57. The van der Waals surface area contributed by atoms with E-state index in [2.05, 4.69) is 20.8 Å². The number of benzene rings is 2. The Kier molecular flexibility index (Phi) is 6.29. The minimum atomic E-state index is -3.57. The number of carbonyl (C=O) groups excluding carboxylic acids is 1. The van der Waals surface area contributed by atoms with Crippen molar-refractivity contribution in [2.75, 3.05) is 26.2 Å². The van der Waals surface area contributed by atoms with E-state index in [1.165, 1.54) is 4.31 Å². The van der Waals surface area contributed by atoms with E-state index in [1.807, 2.05) is 42.5 Å². The molecule has 0 aromatic heterocycles. The van der Waals surface area contributed by atoms with Gasteiger partial charge in [-0.3, -0.25) is 0 Å². The highest BCUT2D eigenvalue weighted by Crippen LogP contribution is 2.25. The Labute approximate surface area is 173 Å². The quantitative estimate of drug-likeness (QED) is 0.763. The number of amides is 1. The smallest absolute Gasteiger partial charge is 0.410 e. The normalized spacial score (nSPS) is 15.9. The molecular formula is C22H28N2O4S. The molecule has 0 unspecified atom stereocenters. The zero-order valence-corrected chi connectivity index (χ0v) is 18.0. The zero-order chi connectivity index (χ0) is 21.1. The fraction of sp³-hybridized carbons (Fsp3) is 0.409. The number of carbonyl (C=O) groups is 1. The maximum atomic E-state index is 12.9. The van der Waals surface area contributed by atoms with E-state index < -0.39 is 16.1 Å². The van der Waals surface area contributed by atoms with Gasteiger partial charge in [-0.25, -0.2) is 13.2 Å². The topological polar surface area (TPSA) is 66.9 Å². The van der Waals surface area contributed by atoms with E-state index in [0.29, 0.717) is 13.1 Å². The van der Waals surface area contributed by atoms with Crippen LogP contribution in [0.5, 0.6) is 0 Å². The predicted octanol–water partition coefficient (Wildman–Crippen LogP) is 3.63. The molecule has 0 spiro atoms. The third-order valence-electron chi connectivity index (χ3n) is 5.06. The second-order valence-corrected chi connectivity index (χ2v) is 10.1. The van der Waals surface area contributed by atoms with E-state index >= 15 is 0 Å². The van der Waals surface area contributed by atoms with Crippen LogP contribution in [0.2, 0.25) is 0 Å². The summed E-state index contributed by atoms with van der Waals surface area (Å²) in [5, 5.41) is 0. The summed E-state index contributed by atoms with van der Waals surface area (Å²) >= 11 is 0. The summed E-state index contributed by atoms with van der Waals surface area (Å²) in [6.45, 7) is 7.61. The Bertz CT molecular complexity index is 927. The molecule has 0 aliphatic carbocycles. The van der Waals surface area contributed by atoms with Crippen molar-refractivity contribution in [2.24, 2.45) is 0 Å². The molecule has 0 saturated carbocycles. The molecule has 7 heteroatoms. The van der Waals surface area contributed by atoms with Gasteiger partial charge in [0.25, 0.3) is 0 Å². The molecule has 2 aromatic rings. The molecule has 0 N–H and O–H groups in total. The predicted molar refractivity (Wildman–Crippen MR) is 112 cm³/mol. The lowest BCUT2D eigenvalue weighted by Crippen LogP contribution is -2.50. The molecule has 29 heavy (non-hydrogen) atoms. The zero-order valence-electron chi connectivity index (χ0n) is 17.2. The standard InChI is InChI=1S/C22H28N2O4S/c1-22(2,3)19-9-11-20(12-10-19)29(26,27)24-15-13-23(14-16-24)21(25)28-17-18-7-5-4-6-8-18/h4-12H,13-17H2,1-3H3. The molecule has 1 aliphatic heterocycles. The molecule has 0 atom stereocenters. The average Bonchev–Trinajstić information content (AvgIpc) is 2.72. The molecule has 2 aromatic carbocycles. The molecule has 1 fully saturated rings. The van der Waals surface area contributed by atoms with Gasteiger partial charge in [0.2, 0.25) is 10.0 Å². The molecule has 6 nitrogen and oxygen atoms in total. The first-order valence-electron chi connectivity index (χ1n) is 9.74. The number of sulfonamides is 1. The Morgan fingerprint density at radius 2 is 1.52 bits per heavy atom. The van der Waals surface area contributed by atoms with Crippen molar-refractivity contribution in [3.05, 3.63) is 65.7 Å².